The zero-order valence-corrected chi connectivity index (χ0v) is 9.19. The molecule has 1 heterocycles. The summed E-state index contributed by atoms with van der Waals surface area (Å²) in [5.74, 6) is -1.01. The number of nitrogens with two attached hydrogens (primary N) is 1. The fourth-order valence-corrected chi connectivity index (χ4v) is 1.62. The predicted octanol–water partition coefficient (Wildman–Crippen LogP) is 1.08. The summed E-state index contributed by atoms with van der Waals surface area (Å²) < 4.78 is 0. The third-order valence-corrected chi connectivity index (χ3v) is 2.66. The van der Waals surface area contributed by atoms with Gasteiger partial charge in [0.15, 0.2) is 0 Å². The summed E-state index contributed by atoms with van der Waals surface area (Å²) >= 11 is 0. The Hall–Kier alpha value is -1.42. The molecule has 0 spiro atoms. The van der Waals surface area contributed by atoms with Crippen molar-refractivity contribution in [3.8, 4) is 0 Å². The molecule has 0 bridgehead atoms. The van der Waals surface area contributed by atoms with Crippen LogP contribution in [0.25, 0.3) is 0 Å². The largest absolute Gasteiger partial charge is 0.480 e. The molecule has 1 aromatic heterocycles. The number of carbonyl (C=O) groups is 1. The summed E-state index contributed by atoms with van der Waals surface area (Å²) in [7, 11) is 0. The first kappa shape index (κ1) is 11.7. The van der Waals surface area contributed by atoms with E-state index < -0.39 is 17.4 Å². The lowest BCUT2D eigenvalue weighted by atomic mass is 9.79. The Balaban J connectivity index is 3.16. The third-order valence-electron chi connectivity index (χ3n) is 2.66. The number of carboxylic acid groups (broad SMARTS) is 1. The summed E-state index contributed by atoms with van der Waals surface area (Å²) in [5, 5.41) is 8.92. The third kappa shape index (κ3) is 2.15. The Morgan fingerprint density at radius 3 is 2.67 bits per heavy atom. The van der Waals surface area contributed by atoms with Gasteiger partial charge in [0.1, 0.15) is 6.04 Å². The molecule has 0 aliphatic rings. The van der Waals surface area contributed by atoms with Crippen LogP contribution < -0.4 is 5.73 Å². The topological polar surface area (TPSA) is 76.2 Å². The van der Waals surface area contributed by atoms with Crippen LogP contribution in [0.3, 0.4) is 0 Å². The van der Waals surface area contributed by atoms with Gasteiger partial charge in [0.05, 0.1) is 5.69 Å². The van der Waals surface area contributed by atoms with Crippen molar-refractivity contribution >= 4 is 5.97 Å². The van der Waals surface area contributed by atoms with Gasteiger partial charge in [0.2, 0.25) is 0 Å². The average Bonchev–Trinajstić information content (AvgIpc) is 2.16. The van der Waals surface area contributed by atoms with Gasteiger partial charge < -0.3 is 10.8 Å². The minimum atomic E-state index is -1.01. The van der Waals surface area contributed by atoms with E-state index in [-0.39, 0.29) is 0 Å². The molecule has 1 aromatic rings. The molecule has 4 heteroatoms. The van der Waals surface area contributed by atoms with Crippen molar-refractivity contribution in [2.45, 2.75) is 32.2 Å². The van der Waals surface area contributed by atoms with Gasteiger partial charge in [-0.15, -0.1) is 0 Å². The van der Waals surface area contributed by atoms with E-state index in [4.69, 9.17) is 10.8 Å². The van der Waals surface area contributed by atoms with E-state index in [1.54, 1.807) is 20.0 Å². The van der Waals surface area contributed by atoms with Gasteiger partial charge in [-0.1, -0.05) is 19.9 Å². The maximum Gasteiger partial charge on any atom is 0.321 e. The van der Waals surface area contributed by atoms with E-state index in [1.807, 2.05) is 19.1 Å². The molecule has 0 saturated heterocycles. The number of hydrogen-bond acceptors (Lipinski definition) is 3. The molecule has 0 radical (unpaired) electrons. The van der Waals surface area contributed by atoms with Crippen molar-refractivity contribution in [2.24, 2.45) is 5.73 Å². The van der Waals surface area contributed by atoms with Gasteiger partial charge in [-0.05, 0) is 18.6 Å². The number of nitrogens with zero attached hydrogens (tertiary/aromatic N) is 1. The zero-order valence-electron chi connectivity index (χ0n) is 9.19. The highest BCUT2D eigenvalue weighted by Crippen LogP contribution is 2.26. The highest BCUT2D eigenvalue weighted by atomic mass is 16.4. The lowest BCUT2D eigenvalue weighted by molar-refractivity contribution is -0.140. The van der Waals surface area contributed by atoms with Gasteiger partial charge in [-0.25, -0.2) is 0 Å². The van der Waals surface area contributed by atoms with Gasteiger partial charge in [0, 0.05) is 11.6 Å². The van der Waals surface area contributed by atoms with Crippen LogP contribution in [0, 0.1) is 6.92 Å². The number of pyridine rings is 1. The first-order valence-corrected chi connectivity index (χ1v) is 4.78. The molecule has 1 atom stereocenters. The van der Waals surface area contributed by atoms with Crippen LogP contribution >= 0.6 is 0 Å². The van der Waals surface area contributed by atoms with Crippen LogP contribution in [0.5, 0.6) is 0 Å². The standard InChI is InChI=1S/C11H16N2O2/c1-7-5-4-6-13-9(7)11(2,3)8(12)10(14)15/h4-6,8H,12H2,1-3H3,(H,14,15). The Morgan fingerprint density at radius 1 is 1.60 bits per heavy atom. The van der Waals surface area contributed by atoms with Crippen LogP contribution in [0.15, 0.2) is 18.3 Å². The average molecular weight is 208 g/mol. The van der Waals surface area contributed by atoms with Crippen molar-refractivity contribution < 1.29 is 9.90 Å². The molecule has 0 saturated carbocycles. The van der Waals surface area contributed by atoms with Crippen LogP contribution in [0.2, 0.25) is 0 Å². The Labute approximate surface area is 89.1 Å². The minimum absolute atomic E-state index is 0.669. The highest BCUT2D eigenvalue weighted by molar-refractivity contribution is 5.75. The van der Waals surface area contributed by atoms with Gasteiger partial charge in [-0.2, -0.15) is 0 Å². The monoisotopic (exact) mass is 208 g/mol. The van der Waals surface area contributed by atoms with E-state index in [2.05, 4.69) is 4.98 Å². The maximum absolute atomic E-state index is 10.9. The maximum atomic E-state index is 10.9. The summed E-state index contributed by atoms with van der Waals surface area (Å²) in [6, 6.07) is 2.77. The highest BCUT2D eigenvalue weighted by Gasteiger charge is 2.35. The van der Waals surface area contributed by atoms with Crippen LogP contribution in [-0.2, 0) is 10.2 Å². The molecule has 0 fully saturated rings. The minimum Gasteiger partial charge on any atom is -0.480 e. The van der Waals surface area contributed by atoms with Crippen LogP contribution in [0.4, 0.5) is 0 Å². The quantitative estimate of drug-likeness (QED) is 0.779. The smallest absolute Gasteiger partial charge is 0.321 e. The van der Waals surface area contributed by atoms with Gasteiger partial charge >= 0.3 is 5.97 Å². The lowest BCUT2D eigenvalue weighted by Crippen LogP contribution is -2.47. The van der Waals surface area contributed by atoms with Crippen LogP contribution in [-0.4, -0.2) is 22.1 Å². The normalized spacial score (nSPS) is 13.6. The summed E-state index contributed by atoms with van der Waals surface area (Å²) in [6.07, 6.45) is 1.65. The van der Waals surface area contributed by atoms with Crippen molar-refractivity contribution in [3.63, 3.8) is 0 Å². The van der Waals surface area contributed by atoms with Crippen molar-refractivity contribution in [3.05, 3.63) is 29.6 Å². The molecule has 0 aromatic carbocycles. The second-order valence-electron chi connectivity index (χ2n) is 4.21. The molecule has 82 valence electrons. The molecule has 0 aliphatic carbocycles. The second kappa shape index (κ2) is 3.98. The molecule has 3 N–H and O–H groups in total. The van der Waals surface area contributed by atoms with Crippen molar-refractivity contribution in [1.29, 1.82) is 0 Å². The molecule has 4 nitrogen and oxygen atoms in total. The molecular formula is C11H16N2O2. The number of hydrogen-bond donors (Lipinski definition) is 2. The summed E-state index contributed by atoms with van der Waals surface area (Å²) in [6.45, 7) is 5.49. The predicted molar refractivity (Wildman–Crippen MR) is 57.6 cm³/mol. The molecule has 15 heavy (non-hydrogen) atoms. The lowest BCUT2D eigenvalue weighted by Gasteiger charge is -2.29. The Bertz CT molecular complexity index is 375. The van der Waals surface area contributed by atoms with E-state index in [1.165, 1.54) is 0 Å². The Kier molecular flexibility index (Phi) is 3.09. The summed E-state index contributed by atoms with van der Waals surface area (Å²) in [4.78, 5) is 15.1. The first-order valence-electron chi connectivity index (χ1n) is 4.78. The van der Waals surface area contributed by atoms with Crippen molar-refractivity contribution in [2.75, 3.05) is 0 Å². The number of rotatable bonds is 3. The fraction of sp³-hybridized carbons (Fsp3) is 0.455. The van der Waals surface area contributed by atoms with E-state index in [0.29, 0.717) is 0 Å². The summed E-state index contributed by atoms with van der Waals surface area (Å²) in [5.41, 5.74) is 6.68. The number of aromatic nitrogens is 1. The van der Waals surface area contributed by atoms with Crippen LogP contribution in [0.1, 0.15) is 25.1 Å². The molecule has 1 unspecified atom stereocenters. The molecular weight excluding hydrogens is 192 g/mol. The molecule has 0 aliphatic heterocycles. The Morgan fingerprint density at radius 2 is 2.20 bits per heavy atom. The number of carboxylic acids is 1. The SMILES string of the molecule is Cc1cccnc1C(C)(C)C(N)C(=O)O. The molecule has 0 amide bonds. The molecule has 1 rings (SSSR count). The van der Waals surface area contributed by atoms with E-state index in [0.717, 1.165) is 11.3 Å². The second-order valence-corrected chi connectivity index (χ2v) is 4.21. The van der Waals surface area contributed by atoms with Crippen molar-refractivity contribution in [1.82, 2.24) is 4.98 Å². The first-order chi connectivity index (χ1) is 6.87. The van der Waals surface area contributed by atoms with E-state index >= 15 is 0 Å². The van der Waals surface area contributed by atoms with Gasteiger partial charge in [0.25, 0.3) is 0 Å². The number of aryl methyl sites for hydroxylation is 1. The fourth-order valence-electron chi connectivity index (χ4n) is 1.62. The van der Waals surface area contributed by atoms with Gasteiger partial charge in [-0.3, -0.25) is 9.78 Å². The zero-order chi connectivity index (χ0) is 11.6. The van der Waals surface area contributed by atoms with E-state index in [9.17, 15) is 4.79 Å². The number of aliphatic carboxylic acids is 1.